The molecule has 0 aliphatic carbocycles. The molecule has 0 saturated carbocycles. The summed E-state index contributed by atoms with van der Waals surface area (Å²) in [6, 6.07) is 8.11. The molecule has 4 rings (SSSR count). The van der Waals surface area contributed by atoms with Gasteiger partial charge in [-0.2, -0.15) is 0 Å². The number of para-hydroxylation sites is 1. The summed E-state index contributed by atoms with van der Waals surface area (Å²) in [7, 11) is 2.01. The molecule has 1 aromatic heterocycles. The van der Waals surface area contributed by atoms with E-state index < -0.39 is 0 Å². The number of morpholine rings is 1. The molecular weight excluding hydrogens is 316 g/mol. The molecule has 2 aromatic rings. The Bertz CT molecular complexity index is 751. The third-order valence-corrected chi connectivity index (χ3v) is 5.33. The van der Waals surface area contributed by atoms with E-state index in [0.29, 0.717) is 5.92 Å². The SMILES string of the molecule is Cn1ccc2cccc(NC(=O)N3CC[C@@H](CN4CCOCC4)C3)c21. The van der Waals surface area contributed by atoms with Gasteiger partial charge in [-0.3, -0.25) is 4.90 Å². The van der Waals surface area contributed by atoms with Gasteiger partial charge < -0.3 is 19.5 Å². The minimum Gasteiger partial charge on any atom is -0.379 e. The van der Waals surface area contributed by atoms with Gasteiger partial charge in [-0.15, -0.1) is 0 Å². The van der Waals surface area contributed by atoms with E-state index in [1.807, 2.05) is 30.3 Å². The molecule has 6 nitrogen and oxygen atoms in total. The molecule has 2 saturated heterocycles. The van der Waals surface area contributed by atoms with Gasteiger partial charge in [-0.1, -0.05) is 12.1 Å². The van der Waals surface area contributed by atoms with Crippen LogP contribution >= 0.6 is 0 Å². The van der Waals surface area contributed by atoms with Crippen LogP contribution in [0.4, 0.5) is 10.5 Å². The largest absolute Gasteiger partial charge is 0.379 e. The third kappa shape index (κ3) is 3.50. The Balaban J connectivity index is 1.37. The molecular formula is C19H26N4O2. The lowest BCUT2D eigenvalue weighted by molar-refractivity contribution is 0.0314. The number of aromatic nitrogens is 1. The van der Waals surface area contributed by atoms with Crippen molar-refractivity contribution in [2.45, 2.75) is 6.42 Å². The Morgan fingerprint density at radius 3 is 2.92 bits per heavy atom. The van der Waals surface area contributed by atoms with E-state index >= 15 is 0 Å². The fourth-order valence-electron chi connectivity index (χ4n) is 3.97. The Hall–Kier alpha value is -2.05. The molecule has 134 valence electrons. The number of ether oxygens (including phenoxy) is 1. The number of amides is 2. The molecule has 2 aliphatic rings. The number of fused-ring (bicyclic) bond motifs is 1. The van der Waals surface area contributed by atoms with Crippen molar-refractivity contribution in [3.63, 3.8) is 0 Å². The highest BCUT2D eigenvalue weighted by atomic mass is 16.5. The van der Waals surface area contributed by atoms with Gasteiger partial charge in [0, 0.05) is 51.4 Å². The van der Waals surface area contributed by atoms with Crippen LogP contribution in [0.15, 0.2) is 30.5 Å². The molecule has 2 aliphatic heterocycles. The van der Waals surface area contributed by atoms with E-state index in [-0.39, 0.29) is 6.03 Å². The predicted molar refractivity (Wildman–Crippen MR) is 98.9 cm³/mol. The summed E-state index contributed by atoms with van der Waals surface area (Å²) in [5.74, 6) is 0.565. The lowest BCUT2D eigenvalue weighted by Crippen LogP contribution is -2.40. The zero-order chi connectivity index (χ0) is 17.2. The number of carbonyl (C=O) groups excluding carboxylic acids is 1. The lowest BCUT2D eigenvalue weighted by Gasteiger charge is -2.29. The van der Waals surface area contributed by atoms with Gasteiger partial charge >= 0.3 is 6.03 Å². The fourth-order valence-corrected chi connectivity index (χ4v) is 3.97. The van der Waals surface area contributed by atoms with Gasteiger partial charge in [-0.25, -0.2) is 4.79 Å². The number of benzene rings is 1. The first-order valence-electron chi connectivity index (χ1n) is 9.11. The second kappa shape index (κ2) is 7.06. The number of carbonyl (C=O) groups is 1. The number of hydrogen-bond donors (Lipinski definition) is 1. The molecule has 2 amide bonds. The van der Waals surface area contributed by atoms with Crippen LogP contribution in [-0.4, -0.2) is 66.3 Å². The second-order valence-electron chi connectivity index (χ2n) is 7.11. The Labute approximate surface area is 148 Å². The van der Waals surface area contributed by atoms with Crippen molar-refractivity contribution >= 4 is 22.6 Å². The van der Waals surface area contributed by atoms with E-state index in [1.54, 1.807) is 0 Å². The summed E-state index contributed by atoms with van der Waals surface area (Å²) in [6.45, 7) is 6.43. The highest BCUT2D eigenvalue weighted by Gasteiger charge is 2.28. The van der Waals surface area contributed by atoms with E-state index in [2.05, 4.69) is 26.9 Å². The average Bonchev–Trinajstić information content (AvgIpc) is 3.24. The van der Waals surface area contributed by atoms with Gasteiger partial charge in [0.25, 0.3) is 0 Å². The zero-order valence-electron chi connectivity index (χ0n) is 14.8. The quantitative estimate of drug-likeness (QED) is 0.932. The van der Waals surface area contributed by atoms with Crippen LogP contribution in [0.2, 0.25) is 0 Å². The standard InChI is InChI=1S/C19H26N4O2/c1-21-7-6-16-3-2-4-17(18(16)21)20-19(24)23-8-5-15(14-23)13-22-9-11-25-12-10-22/h2-4,6-7,15H,5,8-14H2,1H3,(H,20,24)/t15-/m0/s1. The number of rotatable bonds is 3. The molecule has 0 radical (unpaired) electrons. The number of urea groups is 1. The number of likely N-dealkylation sites (tertiary alicyclic amines) is 1. The minimum atomic E-state index is 0.0122. The number of hydrogen-bond acceptors (Lipinski definition) is 3. The first kappa shape index (κ1) is 16.4. The molecule has 1 N–H and O–H groups in total. The average molecular weight is 342 g/mol. The number of nitrogens with zero attached hydrogens (tertiary/aromatic N) is 3. The van der Waals surface area contributed by atoms with Crippen LogP contribution in [0, 0.1) is 5.92 Å². The van der Waals surface area contributed by atoms with Gasteiger partial charge in [0.05, 0.1) is 24.4 Å². The van der Waals surface area contributed by atoms with E-state index in [9.17, 15) is 4.79 Å². The van der Waals surface area contributed by atoms with Crippen molar-refractivity contribution in [3.8, 4) is 0 Å². The molecule has 1 aromatic carbocycles. The maximum absolute atomic E-state index is 12.7. The van der Waals surface area contributed by atoms with E-state index in [4.69, 9.17) is 4.74 Å². The number of aryl methyl sites for hydroxylation is 1. The molecule has 0 spiro atoms. The molecule has 3 heterocycles. The first-order valence-corrected chi connectivity index (χ1v) is 9.11. The summed E-state index contributed by atoms with van der Waals surface area (Å²) < 4.78 is 7.46. The first-order chi connectivity index (χ1) is 12.2. The predicted octanol–water partition coefficient (Wildman–Crippen LogP) is 2.36. The van der Waals surface area contributed by atoms with Crippen molar-refractivity contribution < 1.29 is 9.53 Å². The Morgan fingerprint density at radius 1 is 1.24 bits per heavy atom. The van der Waals surface area contributed by atoms with Crippen LogP contribution in [0.5, 0.6) is 0 Å². The summed E-state index contributed by atoms with van der Waals surface area (Å²) in [4.78, 5) is 17.1. The van der Waals surface area contributed by atoms with Crippen LogP contribution in [0.3, 0.4) is 0 Å². The molecule has 25 heavy (non-hydrogen) atoms. The van der Waals surface area contributed by atoms with Gasteiger partial charge in [0.15, 0.2) is 0 Å². The summed E-state index contributed by atoms with van der Waals surface area (Å²) >= 11 is 0. The van der Waals surface area contributed by atoms with Crippen LogP contribution in [-0.2, 0) is 11.8 Å². The summed E-state index contributed by atoms with van der Waals surface area (Å²) in [5.41, 5.74) is 1.95. The topological polar surface area (TPSA) is 49.7 Å². The van der Waals surface area contributed by atoms with Crippen molar-refractivity contribution in [3.05, 3.63) is 30.5 Å². The number of nitrogens with one attached hydrogen (secondary N) is 1. The van der Waals surface area contributed by atoms with Gasteiger partial charge in [0.2, 0.25) is 0 Å². The smallest absolute Gasteiger partial charge is 0.321 e. The van der Waals surface area contributed by atoms with E-state index in [0.717, 1.165) is 68.9 Å². The molecule has 2 fully saturated rings. The summed E-state index contributed by atoms with van der Waals surface area (Å²) in [5, 5.41) is 4.26. The normalized spacial score (nSPS) is 21.8. The monoisotopic (exact) mass is 342 g/mol. The van der Waals surface area contributed by atoms with Crippen LogP contribution in [0.25, 0.3) is 10.9 Å². The van der Waals surface area contributed by atoms with Crippen molar-refractivity contribution in [1.29, 1.82) is 0 Å². The lowest BCUT2D eigenvalue weighted by atomic mass is 10.1. The number of anilines is 1. The maximum Gasteiger partial charge on any atom is 0.321 e. The zero-order valence-corrected chi connectivity index (χ0v) is 14.8. The third-order valence-electron chi connectivity index (χ3n) is 5.33. The Morgan fingerprint density at radius 2 is 2.08 bits per heavy atom. The van der Waals surface area contributed by atoms with Gasteiger partial charge in [-0.05, 0) is 24.5 Å². The maximum atomic E-state index is 12.7. The highest BCUT2D eigenvalue weighted by Crippen LogP contribution is 2.25. The highest BCUT2D eigenvalue weighted by molar-refractivity contribution is 6.00. The van der Waals surface area contributed by atoms with E-state index in [1.165, 1.54) is 0 Å². The van der Waals surface area contributed by atoms with Crippen molar-refractivity contribution in [1.82, 2.24) is 14.4 Å². The molecule has 1 atom stereocenters. The molecule has 0 unspecified atom stereocenters. The van der Waals surface area contributed by atoms with Crippen molar-refractivity contribution in [2.75, 3.05) is 51.3 Å². The minimum absolute atomic E-state index is 0.0122. The second-order valence-corrected chi connectivity index (χ2v) is 7.11. The molecule has 6 heteroatoms. The molecule has 0 bridgehead atoms. The fraction of sp³-hybridized carbons (Fsp3) is 0.526. The Kier molecular flexibility index (Phi) is 4.63. The van der Waals surface area contributed by atoms with Crippen molar-refractivity contribution in [2.24, 2.45) is 13.0 Å². The van der Waals surface area contributed by atoms with Crippen LogP contribution in [0.1, 0.15) is 6.42 Å². The van der Waals surface area contributed by atoms with Gasteiger partial charge in [0.1, 0.15) is 0 Å². The van der Waals surface area contributed by atoms with Crippen LogP contribution < -0.4 is 5.32 Å². The summed E-state index contributed by atoms with van der Waals surface area (Å²) in [6.07, 6.45) is 3.10.